The van der Waals surface area contributed by atoms with Crippen LogP contribution in [0.5, 0.6) is 0 Å². The second-order valence-electron chi connectivity index (χ2n) is 7.99. The summed E-state index contributed by atoms with van der Waals surface area (Å²) in [6.45, 7) is 5.79. The van der Waals surface area contributed by atoms with Crippen molar-refractivity contribution in [3.63, 3.8) is 0 Å². The van der Waals surface area contributed by atoms with Crippen LogP contribution in [0.1, 0.15) is 5.69 Å². The highest BCUT2D eigenvalue weighted by Gasteiger charge is 2.26. The zero-order chi connectivity index (χ0) is 21.4. The van der Waals surface area contributed by atoms with E-state index in [1.807, 2.05) is 24.6 Å². The van der Waals surface area contributed by atoms with Crippen molar-refractivity contribution in [1.29, 1.82) is 0 Å². The van der Waals surface area contributed by atoms with Crippen molar-refractivity contribution in [1.82, 2.24) is 14.3 Å². The van der Waals surface area contributed by atoms with Crippen LogP contribution in [-0.4, -0.2) is 94.2 Å². The van der Waals surface area contributed by atoms with Gasteiger partial charge in [0, 0.05) is 68.7 Å². The van der Waals surface area contributed by atoms with Crippen LogP contribution in [0.25, 0.3) is 16.5 Å². The Morgan fingerprint density at radius 3 is 2.48 bits per heavy atom. The van der Waals surface area contributed by atoms with Crippen molar-refractivity contribution in [3.05, 3.63) is 30.1 Å². The van der Waals surface area contributed by atoms with Gasteiger partial charge in [-0.1, -0.05) is 0 Å². The summed E-state index contributed by atoms with van der Waals surface area (Å²) < 4.78 is 31.0. The number of hydrogen-bond donors (Lipinski definition) is 0. The molecule has 10 heteroatoms. The molecule has 2 saturated heterocycles. The van der Waals surface area contributed by atoms with Gasteiger partial charge in [-0.25, -0.2) is 13.4 Å². The smallest absolute Gasteiger partial charge is 0.211 e. The average Bonchev–Trinajstić information content (AvgIpc) is 3.33. The Labute approximate surface area is 182 Å². The van der Waals surface area contributed by atoms with Crippen molar-refractivity contribution in [3.8, 4) is 0 Å². The number of hydrogen-bond acceptors (Lipinski definition) is 8. The molecular formula is C21H26N6O3S. The van der Waals surface area contributed by atoms with Crippen LogP contribution in [0.2, 0.25) is 0 Å². The van der Waals surface area contributed by atoms with Crippen LogP contribution >= 0.6 is 0 Å². The molecule has 0 atom stereocenters. The third-order valence-corrected chi connectivity index (χ3v) is 7.33. The Bertz CT molecular complexity index is 1150. The molecule has 5 rings (SSSR count). The molecule has 2 fully saturated rings. The van der Waals surface area contributed by atoms with E-state index in [2.05, 4.69) is 25.8 Å². The number of nitrogens with zero attached hydrogens (tertiary/aromatic N) is 6. The van der Waals surface area contributed by atoms with E-state index in [1.54, 1.807) is 4.31 Å². The van der Waals surface area contributed by atoms with E-state index in [0.717, 1.165) is 46.8 Å². The predicted molar refractivity (Wildman–Crippen MR) is 123 cm³/mol. The number of fused-ring (bicyclic) bond motifs is 1. The second-order valence-corrected chi connectivity index (χ2v) is 9.97. The molecule has 0 aromatic carbocycles. The highest BCUT2D eigenvalue weighted by Crippen LogP contribution is 2.34. The topological polar surface area (TPSA) is 91.2 Å². The summed E-state index contributed by atoms with van der Waals surface area (Å²) in [5.74, 6) is 0.908. The summed E-state index contributed by atoms with van der Waals surface area (Å²) >= 11 is 0. The number of sulfonamides is 1. The van der Waals surface area contributed by atoms with E-state index in [1.165, 1.54) is 6.26 Å². The van der Waals surface area contributed by atoms with Crippen LogP contribution in [0.15, 0.2) is 29.4 Å². The average molecular weight is 443 g/mol. The first kappa shape index (κ1) is 20.3. The minimum Gasteiger partial charge on any atom is -0.378 e. The third kappa shape index (κ3) is 4.02. The maximum atomic E-state index is 11.9. The molecule has 2 aromatic heterocycles. The SMILES string of the molecule is CS(=O)(=O)N1CCN(c2cc(N3CCOCC3)nc3c(C4=CC=NC4)nccc23)CC1. The van der Waals surface area contributed by atoms with Gasteiger partial charge in [0.15, 0.2) is 0 Å². The lowest BCUT2D eigenvalue weighted by Crippen LogP contribution is -2.48. The monoisotopic (exact) mass is 442 g/mol. The Morgan fingerprint density at radius 2 is 1.81 bits per heavy atom. The van der Waals surface area contributed by atoms with Gasteiger partial charge in [-0.05, 0) is 12.1 Å². The number of morpholine rings is 1. The summed E-state index contributed by atoms with van der Waals surface area (Å²) in [5.41, 5.74) is 3.86. The number of allylic oxidation sites excluding steroid dienone is 1. The van der Waals surface area contributed by atoms with E-state index < -0.39 is 10.0 Å². The molecule has 2 aromatic rings. The van der Waals surface area contributed by atoms with Crippen LogP contribution in [0.4, 0.5) is 11.5 Å². The Balaban J connectivity index is 1.58. The maximum Gasteiger partial charge on any atom is 0.211 e. The fourth-order valence-electron chi connectivity index (χ4n) is 4.33. The minimum atomic E-state index is -3.18. The quantitative estimate of drug-likeness (QED) is 0.698. The van der Waals surface area contributed by atoms with Crippen molar-refractivity contribution >= 4 is 44.2 Å². The third-order valence-electron chi connectivity index (χ3n) is 6.02. The summed E-state index contributed by atoms with van der Waals surface area (Å²) in [6.07, 6.45) is 6.90. The second kappa shape index (κ2) is 8.18. The maximum absolute atomic E-state index is 11.9. The number of aliphatic imine (C=N–C) groups is 1. The van der Waals surface area contributed by atoms with Gasteiger partial charge in [-0.2, -0.15) is 4.31 Å². The highest BCUT2D eigenvalue weighted by molar-refractivity contribution is 7.88. The summed E-state index contributed by atoms with van der Waals surface area (Å²) in [6, 6.07) is 4.14. The molecule has 0 N–H and O–H groups in total. The van der Waals surface area contributed by atoms with Crippen molar-refractivity contribution in [2.75, 3.05) is 75.1 Å². The normalized spacial score (nSPS) is 20.5. The molecule has 0 aliphatic carbocycles. The summed E-state index contributed by atoms with van der Waals surface area (Å²) in [5, 5.41) is 1.03. The molecule has 0 spiro atoms. The van der Waals surface area contributed by atoms with Crippen molar-refractivity contribution < 1.29 is 13.2 Å². The summed E-state index contributed by atoms with van der Waals surface area (Å²) in [4.78, 5) is 18.5. The van der Waals surface area contributed by atoms with E-state index >= 15 is 0 Å². The largest absolute Gasteiger partial charge is 0.378 e. The zero-order valence-corrected chi connectivity index (χ0v) is 18.4. The Kier molecular flexibility index (Phi) is 5.37. The molecule has 164 valence electrons. The first-order chi connectivity index (χ1) is 15.0. The fourth-order valence-corrected chi connectivity index (χ4v) is 5.16. The number of rotatable bonds is 4. The van der Waals surface area contributed by atoms with Crippen molar-refractivity contribution in [2.24, 2.45) is 4.99 Å². The Morgan fingerprint density at radius 1 is 1.03 bits per heavy atom. The van der Waals surface area contributed by atoms with Crippen molar-refractivity contribution in [2.45, 2.75) is 0 Å². The standard InChI is InChI=1S/C21H26N6O3S/c1-31(28,29)27-8-6-25(7-9-27)18-14-19(26-10-12-30-13-11-26)24-21-17(18)3-5-23-20(21)16-2-4-22-15-16/h2-5,14H,6-13,15H2,1H3. The highest BCUT2D eigenvalue weighted by atomic mass is 32.2. The molecule has 5 heterocycles. The van der Waals surface area contributed by atoms with Gasteiger partial charge in [0.1, 0.15) is 11.3 Å². The number of ether oxygens (including phenoxy) is 1. The number of aromatic nitrogens is 2. The van der Waals surface area contributed by atoms with Crippen LogP contribution in [0, 0.1) is 0 Å². The van der Waals surface area contributed by atoms with Crippen LogP contribution < -0.4 is 9.80 Å². The predicted octanol–water partition coefficient (Wildman–Crippen LogP) is 1.02. The van der Waals surface area contributed by atoms with Gasteiger partial charge in [-0.15, -0.1) is 0 Å². The van der Waals surface area contributed by atoms with E-state index in [-0.39, 0.29) is 0 Å². The van der Waals surface area contributed by atoms with E-state index in [4.69, 9.17) is 9.72 Å². The van der Waals surface area contributed by atoms with Crippen LogP contribution in [0.3, 0.4) is 0 Å². The lowest BCUT2D eigenvalue weighted by molar-refractivity contribution is 0.122. The zero-order valence-electron chi connectivity index (χ0n) is 17.6. The summed E-state index contributed by atoms with van der Waals surface area (Å²) in [7, 11) is -3.18. The minimum absolute atomic E-state index is 0.479. The number of anilines is 2. The first-order valence-electron chi connectivity index (χ1n) is 10.5. The molecule has 0 radical (unpaired) electrons. The molecule has 3 aliphatic heterocycles. The van der Waals surface area contributed by atoms with Gasteiger partial charge in [-0.3, -0.25) is 9.98 Å². The van der Waals surface area contributed by atoms with Gasteiger partial charge >= 0.3 is 0 Å². The first-order valence-corrected chi connectivity index (χ1v) is 12.4. The molecule has 3 aliphatic rings. The van der Waals surface area contributed by atoms with Crippen LogP contribution in [-0.2, 0) is 14.8 Å². The van der Waals surface area contributed by atoms with Gasteiger partial charge in [0.05, 0.1) is 37.4 Å². The van der Waals surface area contributed by atoms with E-state index in [0.29, 0.717) is 45.9 Å². The number of piperazine rings is 1. The lowest BCUT2D eigenvalue weighted by Gasteiger charge is -2.36. The van der Waals surface area contributed by atoms with Gasteiger partial charge < -0.3 is 14.5 Å². The number of pyridine rings is 2. The van der Waals surface area contributed by atoms with Gasteiger partial charge in [0.25, 0.3) is 0 Å². The molecule has 0 unspecified atom stereocenters. The molecule has 0 bridgehead atoms. The fraction of sp³-hybridized carbons (Fsp3) is 0.476. The molecular weight excluding hydrogens is 416 g/mol. The Hall–Kier alpha value is -2.56. The van der Waals surface area contributed by atoms with Gasteiger partial charge in [0.2, 0.25) is 10.0 Å². The van der Waals surface area contributed by atoms with E-state index in [9.17, 15) is 8.42 Å². The molecule has 9 nitrogen and oxygen atoms in total. The lowest BCUT2D eigenvalue weighted by atomic mass is 10.1. The molecule has 0 amide bonds. The molecule has 31 heavy (non-hydrogen) atoms. The molecule has 0 saturated carbocycles.